The standard InChI is InChI=1S/C23H20ClN3O2S2/c1-29-19-10-6-5-9-17(19)22-25-26-23(27(22)14-13-16-7-3-2-4-8-16)30-15-18(28)20-11-12-21(24)31-20/h2-12H,13-15H2,1H3. The van der Waals surface area contributed by atoms with Crippen molar-refractivity contribution in [2.24, 2.45) is 0 Å². The number of aryl methyl sites for hydroxylation is 1. The number of hydrogen-bond acceptors (Lipinski definition) is 6. The van der Waals surface area contributed by atoms with Gasteiger partial charge in [-0.15, -0.1) is 21.5 Å². The molecule has 0 aliphatic heterocycles. The van der Waals surface area contributed by atoms with Crippen molar-refractivity contribution in [3.05, 3.63) is 81.5 Å². The van der Waals surface area contributed by atoms with Gasteiger partial charge in [0.25, 0.3) is 0 Å². The van der Waals surface area contributed by atoms with Crippen molar-refractivity contribution in [2.45, 2.75) is 18.1 Å². The van der Waals surface area contributed by atoms with Crippen LogP contribution in [0.25, 0.3) is 11.4 Å². The number of halogens is 1. The summed E-state index contributed by atoms with van der Waals surface area (Å²) in [5.41, 5.74) is 2.09. The fourth-order valence-electron chi connectivity index (χ4n) is 3.18. The van der Waals surface area contributed by atoms with E-state index >= 15 is 0 Å². The predicted molar refractivity (Wildman–Crippen MR) is 127 cm³/mol. The van der Waals surface area contributed by atoms with Crippen LogP contribution in [0.2, 0.25) is 4.34 Å². The molecule has 0 atom stereocenters. The quantitative estimate of drug-likeness (QED) is 0.226. The Balaban J connectivity index is 1.61. The molecule has 0 aliphatic carbocycles. The first kappa shape index (κ1) is 21.6. The average molecular weight is 470 g/mol. The number of benzene rings is 2. The molecule has 2 heterocycles. The molecule has 0 unspecified atom stereocenters. The lowest BCUT2D eigenvalue weighted by Crippen LogP contribution is -2.07. The van der Waals surface area contributed by atoms with Crippen LogP contribution in [0.15, 0.2) is 71.9 Å². The lowest BCUT2D eigenvalue weighted by atomic mass is 10.1. The van der Waals surface area contributed by atoms with E-state index in [4.69, 9.17) is 16.3 Å². The van der Waals surface area contributed by atoms with E-state index in [1.165, 1.54) is 28.7 Å². The molecule has 158 valence electrons. The van der Waals surface area contributed by atoms with Gasteiger partial charge in [-0.05, 0) is 36.2 Å². The van der Waals surface area contributed by atoms with Gasteiger partial charge in [-0.3, -0.25) is 4.79 Å². The maximum absolute atomic E-state index is 12.6. The van der Waals surface area contributed by atoms with E-state index in [0.29, 0.717) is 20.9 Å². The second kappa shape index (κ2) is 10.1. The van der Waals surface area contributed by atoms with Crippen LogP contribution < -0.4 is 4.74 Å². The highest BCUT2D eigenvalue weighted by Gasteiger charge is 2.19. The van der Waals surface area contributed by atoms with Crippen molar-refractivity contribution < 1.29 is 9.53 Å². The summed E-state index contributed by atoms with van der Waals surface area (Å²) in [5, 5.41) is 9.54. The molecule has 5 nitrogen and oxygen atoms in total. The second-order valence-corrected chi connectivity index (χ2v) is 9.37. The third-order valence-corrected chi connectivity index (χ3v) is 6.95. The van der Waals surface area contributed by atoms with E-state index in [2.05, 4.69) is 26.9 Å². The van der Waals surface area contributed by atoms with Gasteiger partial charge in [-0.2, -0.15) is 0 Å². The first-order chi connectivity index (χ1) is 15.2. The Hall–Kier alpha value is -2.61. The first-order valence-electron chi connectivity index (χ1n) is 9.67. The van der Waals surface area contributed by atoms with Gasteiger partial charge in [-0.25, -0.2) is 0 Å². The van der Waals surface area contributed by atoms with Crippen LogP contribution in [-0.2, 0) is 13.0 Å². The number of thiophene rings is 1. The number of rotatable bonds is 9. The van der Waals surface area contributed by atoms with E-state index < -0.39 is 0 Å². The number of carbonyl (C=O) groups is 1. The number of carbonyl (C=O) groups excluding carboxylic acids is 1. The summed E-state index contributed by atoms with van der Waals surface area (Å²) in [4.78, 5) is 13.2. The lowest BCUT2D eigenvalue weighted by molar-refractivity contribution is 0.102. The number of nitrogens with zero attached hydrogens (tertiary/aromatic N) is 3. The molecule has 0 fully saturated rings. The summed E-state index contributed by atoms with van der Waals surface area (Å²) in [7, 11) is 1.64. The molecule has 0 saturated heterocycles. The Labute approximate surface area is 194 Å². The highest BCUT2D eigenvalue weighted by atomic mass is 35.5. The van der Waals surface area contributed by atoms with Crippen LogP contribution in [0.1, 0.15) is 15.2 Å². The fourth-order valence-corrected chi connectivity index (χ4v) is 5.10. The zero-order valence-corrected chi connectivity index (χ0v) is 19.2. The minimum atomic E-state index is 0.0263. The van der Waals surface area contributed by atoms with Gasteiger partial charge in [0, 0.05) is 6.54 Å². The van der Waals surface area contributed by atoms with Gasteiger partial charge < -0.3 is 9.30 Å². The smallest absolute Gasteiger partial charge is 0.191 e. The van der Waals surface area contributed by atoms with Crippen LogP contribution in [-0.4, -0.2) is 33.4 Å². The van der Waals surface area contributed by atoms with Crippen molar-refractivity contribution in [1.29, 1.82) is 0 Å². The monoisotopic (exact) mass is 469 g/mol. The van der Waals surface area contributed by atoms with Crippen LogP contribution in [0.3, 0.4) is 0 Å². The maximum atomic E-state index is 12.6. The zero-order valence-electron chi connectivity index (χ0n) is 16.8. The molecule has 2 aromatic carbocycles. The third-order valence-electron chi connectivity index (χ3n) is 4.71. The Bertz CT molecular complexity index is 1170. The van der Waals surface area contributed by atoms with E-state index in [9.17, 15) is 4.79 Å². The number of Topliss-reactive ketones (excluding diaryl/α,β-unsaturated/α-hetero) is 1. The van der Waals surface area contributed by atoms with Crippen molar-refractivity contribution in [1.82, 2.24) is 14.8 Å². The normalized spacial score (nSPS) is 10.9. The van der Waals surface area contributed by atoms with Gasteiger partial charge >= 0.3 is 0 Å². The largest absolute Gasteiger partial charge is 0.496 e. The molecule has 0 bridgehead atoms. The van der Waals surface area contributed by atoms with E-state index in [1.54, 1.807) is 19.2 Å². The first-order valence-corrected chi connectivity index (χ1v) is 11.9. The Morgan fingerprint density at radius 1 is 1.06 bits per heavy atom. The van der Waals surface area contributed by atoms with Crippen LogP contribution in [0.4, 0.5) is 0 Å². The second-order valence-electron chi connectivity index (χ2n) is 6.71. The maximum Gasteiger partial charge on any atom is 0.191 e. The minimum absolute atomic E-state index is 0.0263. The summed E-state index contributed by atoms with van der Waals surface area (Å²) in [6.07, 6.45) is 0.822. The van der Waals surface area contributed by atoms with Crippen LogP contribution >= 0.6 is 34.7 Å². The van der Waals surface area contributed by atoms with Crippen LogP contribution in [0, 0.1) is 0 Å². The molecule has 0 spiro atoms. The lowest BCUT2D eigenvalue weighted by Gasteiger charge is -2.12. The number of thioether (sulfide) groups is 1. The summed E-state index contributed by atoms with van der Waals surface area (Å²) in [6, 6.07) is 21.5. The molecular weight excluding hydrogens is 450 g/mol. The Morgan fingerprint density at radius 2 is 1.84 bits per heavy atom. The van der Waals surface area contributed by atoms with Crippen LogP contribution in [0.5, 0.6) is 5.75 Å². The number of methoxy groups -OCH3 is 1. The predicted octanol–water partition coefficient (Wildman–Crippen LogP) is 5.89. The molecule has 0 amide bonds. The molecule has 4 rings (SSSR count). The van der Waals surface area contributed by atoms with Crippen molar-refractivity contribution in [3.8, 4) is 17.1 Å². The zero-order chi connectivity index (χ0) is 21.6. The number of ketones is 1. The van der Waals surface area contributed by atoms with E-state index in [0.717, 1.165) is 23.6 Å². The number of aromatic nitrogens is 3. The summed E-state index contributed by atoms with van der Waals surface area (Å²) in [5.74, 6) is 1.75. The van der Waals surface area contributed by atoms with Gasteiger partial charge in [0.05, 0.1) is 27.6 Å². The van der Waals surface area contributed by atoms with Gasteiger partial charge in [0.1, 0.15) is 5.75 Å². The summed E-state index contributed by atoms with van der Waals surface area (Å²) < 4.78 is 8.20. The van der Waals surface area contributed by atoms with Crippen molar-refractivity contribution in [3.63, 3.8) is 0 Å². The Kier molecular flexibility index (Phi) is 7.06. The molecule has 0 radical (unpaired) electrons. The van der Waals surface area contributed by atoms with Gasteiger partial charge in [0.2, 0.25) is 0 Å². The van der Waals surface area contributed by atoms with Crippen molar-refractivity contribution in [2.75, 3.05) is 12.9 Å². The third kappa shape index (κ3) is 5.18. The van der Waals surface area contributed by atoms with E-state index in [-0.39, 0.29) is 11.5 Å². The van der Waals surface area contributed by atoms with E-state index in [1.807, 2.05) is 42.5 Å². The average Bonchev–Trinajstić information content (AvgIpc) is 3.42. The molecule has 31 heavy (non-hydrogen) atoms. The highest BCUT2D eigenvalue weighted by Crippen LogP contribution is 2.32. The molecule has 2 aromatic heterocycles. The SMILES string of the molecule is COc1ccccc1-c1nnc(SCC(=O)c2ccc(Cl)s2)n1CCc1ccccc1. The molecule has 8 heteroatoms. The molecule has 0 aliphatic rings. The molecular formula is C23H20ClN3O2S2. The topological polar surface area (TPSA) is 57.0 Å². The summed E-state index contributed by atoms with van der Waals surface area (Å²) >= 11 is 8.65. The van der Waals surface area contributed by atoms with Crippen molar-refractivity contribution >= 4 is 40.5 Å². The Morgan fingerprint density at radius 3 is 2.58 bits per heavy atom. The minimum Gasteiger partial charge on any atom is -0.496 e. The summed E-state index contributed by atoms with van der Waals surface area (Å²) in [6.45, 7) is 0.686. The number of hydrogen-bond donors (Lipinski definition) is 0. The van der Waals surface area contributed by atoms with Gasteiger partial charge in [-0.1, -0.05) is 65.8 Å². The van der Waals surface area contributed by atoms with Gasteiger partial charge in [0.15, 0.2) is 16.8 Å². The number of ether oxygens (including phenoxy) is 1. The number of para-hydroxylation sites is 1. The highest BCUT2D eigenvalue weighted by molar-refractivity contribution is 7.99. The fraction of sp³-hybridized carbons (Fsp3) is 0.174. The molecule has 0 saturated carbocycles. The molecule has 4 aromatic rings. The molecule has 0 N–H and O–H groups in total.